The molecule has 1 atom stereocenters. The Bertz CT molecular complexity index is 1390. The number of nitrogens with one attached hydrogen (secondary N) is 1. The average molecular weight is 529 g/mol. The monoisotopic (exact) mass is 528 g/mol. The summed E-state index contributed by atoms with van der Waals surface area (Å²) < 4.78 is 39.4. The van der Waals surface area contributed by atoms with Gasteiger partial charge in [0.2, 0.25) is 0 Å². The number of benzene rings is 1. The quantitative estimate of drug-likeness (QED) is 0.320. The Morgan fingerprint density at radius 2 is 2.03 bits per heavy atom. The number of aromatic nitrogens is 5. The number of amides is 1. The number of anilines is 1. The minimum absolute atomic E-state index is 0.139. The molecule has 1 unspecified atom stereocenters. The second-order valence-electron chi connectivity index (χ2n) is 8.50. The summed E-state index contributed by atoms with van der Waals surface area (Å²) in [5, 5.41) is 11.7. The molecule has 1 aliphatic rings. The summed E-state index contributed by atoms with van der Waals surface area (Å²) in [6.45, 7) is 0.657. The molecule has 1 aromatic carbocycles. The minimum Gasteiger partial charge on any atom is -0.420 e. The van der Waals surface area contributed by atoms with E-state index in [9.17, 15) is 13.6 Å². The van der Waals surface area contributed by atoms with Crippen LogP contribution in [0.15, 0.2) is 61.1 Å². The van der Waals surface area contributed by atoms with Crippen LogP contribution in [0.25, 0.3) is 22.6 Å². The summed E-state index contributed by atoms with van der Waals surface area (Å²) >= 11 is 4.80. The SMILES string of the molecule is Cn1ccc(-c2ncc(C(=O)Nc3ccc(OC(F)(F)Cl)cc3)cc2-c2ccnn2C2CCCCO2)n1. The van der Waals surface area contributed by atoms with Crippen molar-refractivity contribution in [2.75, 3.05) is 11.9 Å². The van der Waals surface area contributed by atoms with E-state index in [0.29, 0.717) is 34.8 Å². The number of alkyl halides is 3. The largest absolute Gasteiger partial charge is 0.487 e. The Morgan fingerprint density at radius 1 is 1.22 bits per heavy atom. The lowest BCUT2D eigenvalue weighted by Crippen LogP contribution is -2.20. The average Bonchev–Trinajstić information content (AvgIpc) is 3.54. The third-order valence-corrected chi connectivity index (χ3v) is 5.90. The highest BCUT2D eigenvalue weighted by Gasteiger charge is 2.27. The van der Waals surface area contributed by atoms with Gasteiger partial charge < -0.3 is 14.8 Å². The molecule has 192 valence electrons. The van der Waals surface area contributed by atoms with E-state index in [4.69, 9.17) is 16.3 Å². The van der Waals surface area contributed by atoms with Crippen LogP contribution < -0.4 is 10.1 Å². The number of ether oxygens (including phenoxy) is 2. The highest BCUT2D eigenvalue weighted by molar-refractivity contribution is 6.20. The van der Waals surface area contributed by atoms with Gasteiger partial charge in [0.15, 0.2) is 6.23 Å². The van der Waals surface area contributed by atoms with E-state index >= 15 is 0 Å². The maximum absolute atomic E-state index is 13.1. The third-order valence-electron chi connectivity index (χ3n) is 5.83. The predicted octanol–water partition coefficient (Wildman–Crippen LogP) is 5.46. The first-order chi connectivity index (χ1) is 17.8. The van der Waals surface area contributed by atoms with E-state index in [2.05, 4.69) is 25.2 Å². The summed E-state index contributed by atoms with van der Waals surface area (Å²) in [6, 6.07) is 10.9. The molecule has 1 fully saturated rings. The van der Waals surface area contributed by atoms with Gasteiger partial charge in [0, 0.05) is 55.1 Å². The molecule has 1 aliphatic heterocycles. The number of aryl methyl sites for hydroxylation is 1. The van der Waals surface area contributed by atoms with Gasteiger partial charge in [0.05, 0.1) is 17.0 Å². The molecule has 5 rings (SSSR count). The first kappa shape index (κ1) is 24.8. The fraction of sp³-hybridized carbons (Fsp3) is 0.280. The van der Waals surface area contributed by atoms with Crippen LogP contribution in [-0.2, 0) is 11.8 Å². The predicted molar refractivity (Wildman–Crippen MR) is 132 cm³/mol. The van der Waals surface area contributed by atoms with Crippen LogP contribution in [0.5, 0.6) is 5.75 Å². The number of halogens is 3. The topological polar surface area (TPSA) is 96.1 Å². The standard InChI is InChI=1S/C25H23ClF2N6O3/c1-33-12-10-20(32-33)23-19(21-9-11-30-34(21)22-4-2-3-13-36-22)14-16(15-29-23)24(35)31-17-5-7-18(8-6-17)37-25(26,27)28/h5-12,14-15,22H,2-4,13H2,1H3,(H,31,35). The number of hydrogen-bond acceptors (Lipinski definition) is 6. The van der Waals surface area contributed by atoms with Gasteiger partial charge in [-0.3, -0.25) is 14.5 Å². The summed E-state index contributed by atoms with van der Waals surface area (Å²) in [5.41, 5.74) is -0.487. The second kappa shape index (κ2) is 10.3. The zero-order valence-corrected chi connectivity index (χ0v) is 20.5. The molecule has 0 aliphatic carbocycles. The van der Waals surface area contributed by atoms with Crippen LogP contribution in [0.3, 0.4) is 0 Å². The van der Waals surface area contributed by atoms with Crippen molar-refractivity contribution >= 4 is 23.2 Å². The molecule has 1 amide bonds. The van der Waals surface area contributed by atoms with Gasteiger partial charge in [-0.2, -0.15) is 10.2 Å². The lowest BCUT2D eigenvalue weighted by molar-refractivity contribution is -0.0964. The molecule has 0 spiro atoms. The van der Waals surface area contributed by atoms with Gasteiger partial charge in [0.25, 0.3) is 5.91 Å². The Kier molecular flexibility index (Phi) is 6.90. The van der Waals surface area contributed by atoms with E-state index in [1.165, 1.54) is 30.5 Å². The first-order valence-electron chi connectivity index (χ1n) is 11.6. The maximum atomic E-state index is 13.1. The van der Waals surface area contributed by atoms with Crippen molar-refractivity contribution in [1.29, 1.82) is 0 Å². The molecule has 0 saturated carbocycles. The lowest BCUT2D eigenvalue weighted by atomic mass is 10.0. The number of nitrogens with zero attached hydrogens (tertiary/aromatic N) is 5. The normalized spacial score (nSPS) is 15.9. The van der Waals surface area contributed by atoms with Crippen LogP contribution in [-0.4, -0.2) is 42.6 Å². The van der Waals surface area contributed by atoms with E-state index in [1.54, 1.807) is 16.9 Å². The molecule has 9 nitrogen and oxygen atoms in total. The van der Waals surface area contributed by atoms with Crippen molar-refractivity contribution in [3.05, 3.63) is 66.6 Å². The van der Waals surface area contributed by atoms with Gasteiger partial charge in [-0.05, 0) is 61.7 Å². The number of carbonyl (C=O) groups excluding carboxylic acids is 1. The van der Waals surface area contributed by atoms with Gasteiger partial charge >= 0.3 is 5.57 Å². The Morgan fingerprint density at radius 3 is 2.70 bits per heavy atom. The van der Waals surface area contributed by atoms with Crippen LogP contribution in [0.4, 0.5) is 14.5 Å². The van der Waals surface area contributed by atoms with Crippen molar-refractivity contribution in [3.63, 3.8) is 0 Å². The molecule has 3 aromatic heterocycles. The molecular formula is C25H23ClF2N6O3. The van der Waals surface area contributed by atoms with Crippen LogP contribution in [0, 0.1) is 0 Å². The zero-order valence-electron chi connectivity index (χ0n) is 19.8. The summed E-state index contributed by atoms with van der Waals surface area (Å²) in [4.78, 5) is 17.7. The second-order valence-corrected chi connectivity index (χ2v) is 8.94. The Hall–Kier alpha value is -3.83. The zero-order chi connectivity index (χ0) is 26.0. The molecule has 1 N–H and O–H groups in total. The molecule has 1 saturated heterocycles. The van der Waals surface area contributed by atoms with Gasteiger partial charge in [-0.15, -0.1) is 8.78 Å². The number of carbonyl (C=O) groups is 1. The van der Waals surface area contributed by atoms with Crippen molar-refractivity contribution in [3.8, 4) is 28.4 Å². The summed E-state index contributed by atoms with van der Waals surface area (Å²) in [7, 11) is 1.82. The number of pyridine rings is 1. The van der Waals surface area contributed by atoms with Crippen molar-refractivity contribution in [2.45, 2.75) is 31.1 Å². The van der Waals surface area contributed by atoms with E-state index in [0.717, 1.165) is 25.0 Å². The lowest BCUT2D eigenvalue weighted by Gasteiger charge is -2.25. The molecule has 4 aromatic rings. The molecule has 12 heteroatoms. The minimum atomic E-state index is -3.82. The van der Waals surface area contributed by atoms with Crippen LogP contribution >= 0.6 is 11.6 Å². The molecule has 0 radical (unpaired) electrons. The fourth-order valence-electron chi connectivity index (χ4n) is 4.15. The van der Waals surface area contributed by atoms with Crippen molar-refractivity contribution in [2.24, 2.45) is 7.05 Å². The smallest absolute Gasteiger partial charge is 0.420 e. The van der Waals surface area contributed by atoms with E-state index in [1.807, 2.05) is 30.1 Å². The van der Waals surface area contributed by atoms with E-state index in [-0.39, 0.29) is 12.0 Å². The van der Waals surface area contributed by atoms with Gasteiger partial charge in [-0.25, -0.2) is 4.68 Å². The first-order valence-corrected chi connectivity index (χ1v) is 12.0. The fourth-order valence-corrected chi connectivity index (χ4v) is 4.24. The highest BCUT2D eigenvalue weighted by atomic mass is 35.5. The molecule has 37 heavy (non-hydrogen) atoms. The maximum Gasteiger partial charge on any atom is 0.487 e. The van der Waals surface area contributed by atoms with Crippen molar-refractivity contribution in [1.82, 2.24) is 24.5 Å². The van der Waals surface area contributed by atoms with Crippen molar-refractivity contribution < 1.29 is 23.0 Å². The summed E-state index contributed by atoms with van der Waals surface area (Å²) in [5.74, 6) is -0.572. The Labute approximate surface area is 216 Å². The van der Waals surface area contributed by atoms with Gasteiger partial charge in [0.1, 0.15) is 11.4 Å². The highest BCUT2D eigenvalue weighted by Crippen LogP contribution is 2.34. The molecule has 0 bridgehead atoms. The number of rotatable bonds is 7. The van der Waals surface area contributed by atoms with E-state index < -0.39 is 11.5 Å². The van der Waals surface area contributed by atoms with Crippen LogP contribution in [0.2, 0.25) is 0 Å². The van der Waals surface area contributed by atoms with Crippen LogP contribution in [0.1, 0.15) is 35.8 Å². The molecular weight excluding hydrogens is 506 g/mol. The van der Waals surface area contributed by atoms with Gasteiger partial charge in [-0.1, -0.05) is 0 Å². The summed E-state index contributed by atoms with van der Waals surface area (Å²) in [6.07, 6.45) is 7.62. The molecule has 4 heterocycles. The number of hydrogen-bond donors (Lipinski definition) is 1. The Balaban J connectivity index is 1.46. The third kappa shape index (κ3) is 5.78.